The Balaban J connectivity index is 1.42. The van der Waals surface area contributed by atoms with Crippen molar-refractivity contribution in [1.29, 1.82) is 0 Å². The number of nitrogens with zero attached hydrogens (tertiary/aromatic N) is 3. The van der Waals surface area contributed by atoms with E-state index in [1.54, 1.807) is 17.2 Å². The first-order valence-corrected chi connectivity index (χ1v) is 10.8. The smallest absolute Gasteiger partial charge is 0.318 e. The molecule has 3 heterocycles. The number of nitrogens with one attached hydrogen (secondary N) is 3. The number of carbonyl (C=O) groups excluding carboxylic acids is 1. The van der Waals surface area contributed by atoms with Crippen LogP contribution in [0.25, 0.3) is 0 Å². The molecule has 32 heavy (non-hydrogen) atoms. The Morgan fingerprint density at radius 2 is 2.16 bits per heavy atom. The van der Waals surface area contributed by atoms with Crippen LogP contribution in [0.5, 0.6) is 0 Å². The van der Waals surface area contributed by atoms with Crippen LogP contribution in [0.15, 0.2) is 24.4 Å². The van der Waals surface area contributed by atoms with Gasteiger partial charge in [0, 0.05) is 31.7 Å². The summed E-state index contributed by atoms with van der Waals surface area (Å²) < 4.78 is 39.5. The number of hydrogen-bond acceptors (Lipinski definition) is 5. The number of hydrogen-bond donors (Lipinski definition) is 3. The summed E-state index contributed by atoms with van der Waals surface area (Å²) in [7, 11) is 0. The maximum atomic E-state index is 13.9. The molecule has 3 atom stereocenters. The van der Waals surface area contributed by atoms with E-state index in [1.807, 2.05) is 0 Å². The predicted molar refractivity (Wildman–Crippen MR) is 115 cm³/mol. The number of carbonyl (C=O) groups is 1. The zero-order chi connectivity index (χ0) is 22.8. The summed E-state index contributed by atoms with van der Waals surface area (Å²) in [5.74, 6) is -0.459. The SMILES string of the molecule is CC(Nc1ncc2c(n1)CN(C(=O)N[C@@H]1CNC[C@H]1c1ccc(Cl)c(F)c1)CC2)C(F)F. The van der Waals surface area contributed by atoms with Crippen LogP contribution in [0, 0.1) is 5.82 Å². The van der Waals surface area contributed by atoms with Gasteiger partial charge in [0.05, 0.1) is 29.3 Å². The molecule has 7 nitrogen and oxygen atoms in total. The van der Waals surface area contributed by atoms with Crippen molar-refractivity contribution in [3.63, 3.8) is 0 Å². The lowest BCUT2D eigenvalue weighted by Gasteiger charge is -2.30. The van der Waals surface area contributed by atoms with Crippen LogP contribution >= 0.6 is 11.6 Å². The van der Waals surface area contributed by atoms with Crippen LogP contribution in [0.2, 0.25) is 5.02 Å². The van der Waals surface area contributed by atoms with Gasteiger partial charge in [0.15, 0.2) is 0 Å². The standard InChI is InChI=1S/C21H24ClF3N6O/c1-11(19(24)25)28-20-27-7-13-4-5-31(10-18(13)29-20)21(32)30-17-9-26-8-14(17)12-2-3-15(22)16(23)6-12/h2-3,6-7,11,14,17,19,26H,4-5,8-10H2,1H3,(H,30,32)(H,27,28,29)/t11?,14-,17+/m0/s1. The number of rotatable bonds is 5. The molecule has 0 bridgehead atoms. The highest BCUT2D eigenvalue weighted by Gasteiger charge is 2.32. The van der Waals surface area contributed by atoms with Crippen molar-refractivity contribution in [3.05, 3.63) is 52.1 Å². The first-order valence-electron chi connectivity index (χ1n) is 10.4. The minimum atomic E-state index is -2.54. The molecule has 1 unspecified atom stereocenters. The number of aromatic nitrogens is 2. The van der Waals surface area contributed by atoms with E-state index in [0.717, 1.165) is 11.1 Å². The Morgan fingerprint density at radius 3 is 2.91 bits per heavy atom. The van der Waals surface area contributed by atoms with Crippen LogP contribution in [-0.4, -0.2) is 59.0 Å². The summed E-state index contributed by atoms with van der Waals surface area (Å²) in [5.41, 5.74) is 2.29. The molecule has 1 aromatic heterocycles. The van der Waals surface area contributed by atoms with Crippen LogP contribution in [0.3, 0.4) is 0 Å². The second kappa shape index (κ2) is 9.50. The number of fused-ring (bicyclic) bond motifs is 1. The van der Waals surface area contributed by atoms with E-state index in [-0.39, 0.29) is 35.5 Å². The Labute approximate surface area is 188 Å². The van der Waals surface area contributed by atoms with Gasteiger partial charge in [0.25, 0.3) is 6.43 Å². The second-order valence-corrected chi connectivity index (χ2v) is 8.51. The third-order valence-electron chi connectivity index (χ3n) is 5.86. The lowest BCUT2D eigenvalue weighted by Crippen LogP contribution is -2.48. The fourth-order valence-electron chi connectivity index (χ4n) is 3.99. The molecular weight excluding hydrogens is 445 g/mol. The van der Waals surface area contributed by atoms with Gasteiger partial charge >= 0.3 is 6.03 Å². The van der Waals surface area contributed by atoms with E-state index >= 15 is 0 Å². The zero-order valence-electron chi connectivity index (χ0n) is 17.4. The van der Waals surface area contributed by atoms with Crippen molar-refractivity contribution >= 4 is 23.6 Å². The van der Waals surface area contributed by atoms with Gasteiger partial charge in [0.2, 0.25) is 5.95 Å². The molecule has 172 valence electrons. The monoisotopic (exact) mass is 468 g/mol. The van der Waals surface area contributed by atoms with Gasteiger partial charge in [-0.3, -0.25) is 0 Å². The van der Waals surface area contributed by atoms with Gasteiger partial charge in [-0.15, -0.1) is 0 Å². The molecule has 1 fully saturated rings. The van der Waals surface area contributed by atoms with Crippen LogP contribution < -0.4 is 16.0 Å². The molecule has 0 spiro atoms. The molecule has 2 aliphatic rings. The topological polar surface area (TPSA) is 82.2 Å². The van der Waals surface area contributed by atoms with Crippen molar-refractivity contribution in [2.75, 3.05) is 25.0 Å². The minimum Gasteiger partial charge on any atom is -0.346 e. The molecule has 3 N–H and O–H groups in total. The molecule has 4 rings (SSSR count). The minimum absolute atomic E-state index is 0.0612. The van der Waals surface area contributed by atoms with Gasteiger partial charge < -0.3 is 20.9 Å². The average Bonchev–Trinajstić information content (AvgIpc) is 3.23. The van der Waals surface area contributed by atoms with Crippen molar-refractivity contribution in [3.8, 4) is 0 Å². The summed E-state index contributed by atoms with van der Waals surface area (Å²) in [6.07, 6.45) is -0.356. The summed E-state index contributed by atoms with van der Waals surface area (Å²) >= 11 is 5.79. The van der Waals surface area contributed by atoms with Crippen molar-refractivity contribution in [2.24, 2.45) is 0 Å². The van der Waals surface area contributed by atoms with Gasteiger partial charge in [-0.05, 0) is 36.6 Å². The van der Waals surface area contributed by atoms with E-state index in [1.165, 1.54) is 19.1 Å². The van der Waals surface area contributed by atoms with E-state index in [9.17, 15) is 18.0 Å². The van der Waals surface area contributed by atoms with Gasteiger partial charge in [-0.25, -0.2) is 27.9 Å². The van der Waals surface area contributed by atoms with E-state index in [2.05, 4.69) is 25.9 Å². The van der Waals surface area contributed by atoms with E-state index in [4.69, 9.17) is 11.6 Å². The Kier molecular flexibility index (Phi) is 6.71. The van der Waals surface area contributed by atoms with Crippen molar-refractivity contribution < 1.29 is 18.0 Å². The van der Waals surface area contributed by atoms with Gasteiger partial charge in [-0.1, -0.05) is 17.7 Å². The van der Waals surface area contributed by atoms with Gasteiger partial charge in [-0.2, -0.15) is 0 Å². The van der Waals surface area contributed by atoms with Crippen LogP contribution in [-0.2, 0) is 13.0 Å². The normalized spacial score (nSPS) is 21.4. The number of amides is 2. The number of benzene rings is 1. The fourth-order valence-corrected chi connectivity index (χ4v) is 4.10. The number of urea groups is 1. The average molecular weight is 469 g/mol. The quantitative estimate of drug-likeness (QED) is 0.628. The summed E-state index contributed by atoms with van der Waals surface area (Å²) in [4.78, 5) is 23.0. The summed E-state index contributed by atoms with van der Waals surface area (Å²) in [6, 6.07) is 3.15. The molecule has 2 amide bonds. The summed E-state index contributed by atoms with van der Waals surface area (Å²) in [5, 5.41) is 8.92. The highest BCUT2D eigenvalue weighted by Crippen LogP contribution is 2.27. The van der Waals surface area contributed by atoms with Crippen molar-refractivity contribution in [2.45, 2.75) is 44.3 Å². The molecule has 1 saturated heterocycles. The second-order valence-electron chi connectivity index (χ2n) is 8.10. The third-order valence-corrected chi connectivity index (χ3v) is 6.17. The zero-order valence-corrected chi connectivity index (χ0v) is 18.2. The molecule has 0 saturated carbocycles. The van der Waals surface area contributed by atoms with E-state index < -0.39 is 18.3 Å². The Hall–Kier alpha value is -2.59. The third kappa shape index (κ3) is 4.91. The lowest BCUT2D eigenvalue weighted by atomic mass is 9.94. The first-order chi connectivity index (χ1) is 15.3. The number of alkyl halides is 2. The molecule has 2 aliphatic heterocycles. The maximum absolute atomic E-state index is 13.9. The lowest BCUT2D eigenvalue weighted by molar-refractivity contribution is 0.130. The highest BCUT2D eigenvalue weighted by molar-refractivity contribution is 6.30. The first kappa shape index (κ1) is 22.6. The molecular formula is C21H24ClF3N6O. The molecule has 11 heteroatoms. The number of anilines is 1. The maximum Gasteiger partial charge on any atom is 0.318 e. The largest absolute Gasteiger partial charge is 0.346 e. The van der Waals surface area contributed by atoms with Crippen molar-refractivity contribution in [1.82, 2.24) is 25.5 Å². The van der Waals surface area contributed by atoms with Gasteiger partial charge in [0.1, 0.15) is 5.82 Å². The Bertz CT molecular complexity index is 994. The highest BCUT2D eigenvalue weighted by atomic mass is 35.5. The Morgan fingerprint density at radius 1 is 1.34 bits per heavy atom. The van der Waals surface area contributed by atoms with E-state index in [0.29, 0.717) is 31.7 Å². The predicted octanol–water partition coefficient (Wildman–Crippen LogP) is 3.16. The van der Waals surface area contributed by atoms with Crippen LogP contribution in [0.1, 0.15) is 29.7 Å². The molecule has 0 aliphatic carbocycles. The molecule has 1 aromatic carbocycles. The van der Waals surface area contributed by atoms with Crippen LogP contribution in [0.4, 0.5) is 23.9 Å². The molecule has 0 radical (unpaired) electrons. The summed E-state index contributed by atoms with van der Waals surface area (Å²) in [6.45, 7) is 3.27. The fraction of sp³-hybridized carbons (Fsp3) is 0.476. The molecule has 2 aromatic rings. The number of halogens is 4.